The first-order valence-corrected chi connectivity index (χ1v) is 9.37. The van der Waals surface area contributed by atoms with E-state index in [2.05, 4.69) is 10.2 Å². The van der Waals surface area contributed by atoms with E-state index in [1.165, 1.54) is 64.2 Å². The molecule has 1 saturated heterocycles. The average Bonchev–Trinajstić information content (AvgIpc) is 3.26. The molecule has 4 rings (SSSR count). The van der Waals surface area contributed by atoms with Gasteiger partial charge < -0.3 is 4.90 Å². The third kappa shape index (κ3) is 2.42. The van der Waals surface area contributed by atoms with Crippen molar-refractivity contribution in [3.63, 3.8) is 0 Å². The first-order chi connectivity index (χ1) is 10.3. The fourth-order valence-electron chi connectivity index (χ4n) is 5.47. The van der Waals surface area contributed by atoms with E-state index in [-0.39, 0.29) is 5.54 Å². The smallest absolute Gasteiger partial charge is 0.244 e. The number of amides is 1. The van der Waals surface area contributed by atoms with Gasteiger partial charge >= 0.3 is 0 Å². The summed E-state index contributed by atoms with van der Waals surface area (Å²) in [6.07, 6.45) is 15.8. The molecule has 3 nitrogen and oxygen atoms in total. The number of nitrogens with zero attached hydrogens (tertiary/aromatic N) is 1. The van der Waals surface area contributed by atoms with Crippen LogP contribution in [0.5, 0.6) is 0 Å². The van der Waals surface area contributed by atoms with Crippen LogP contribution in [0.3, 0.4) is 0 Å². The normalized spacial score (nSPS) is 33.8. The molecule has 21 heavy (non-hydrogen) atoms. The van der Waals surface area contributed by atoms with Gasteiger partial charge in [-0.3, -0.25) is 10.1 Å². The molecular formula is C18H30N2O. The Morgan fingerprint density at radius 2 is 1.57 bits per heavy atom. The van der Waals surface area contributed by atoms with Gasteiger partial charge in [-0.25, -0.2) is 0 Å². The second-order valence-corrected chi connectivity index (χ2v) is 8.03. The molecule has 0 aromatic rings. The summed E-state index contributed by atoms with van der Waals surface area (Å²) in [5, 5.41) is 3.86. The molecule has 4 fully saturated rings. The van der Waals surface area contributed by atoms with Gasteiger partial charge in [-0.2, -0.15) is 0 Å². The molecule has 1 N–H and O–H groups in total. The first kappa shape index (κ1) is 14.0. The first-order valence-electron chi connectivity index (χ1n) is 9.37. The highest BCUT2D eigenvalue weighted by Crippen LogP contribution is 2.42. The van der Waals surface area contributed by atoms with Crippen LogP contribution in [0.25, 0.3) is 0 Å². The SMILES string of the molecule is O=C1N(CC2CCCC2)C(C2CCCC2)NC12CCCC2. The van der Waals surface area contributed by atoms with Gasteiger partial charge in [0.25, 0.3) is 0 Å². The summed E-state index contributed by atoms with van der Waals surface area (Å²) in [4.78, 5) is 15.5. The maximum atomic E-state index is 13.1. The van der Waals surface area contributed by atoms with Gasteiger partial charge in [0, 0.05) is 6.54 Å². The van der Waals surface area contributed by atoms with E-state index in [0.29, 0.717) is 12.1 Å². The molecule has 1 heterocycles. The van der Waals surface area contributed by atoms with Crippen LogP contribution >= 0.6 is 0 Å². The summed E-state index contributed by atoms with van der Waals surface area (Å²) < 4.78 is 0. The predicted octanol–water partition coefficient (Wildman–Crippen LogP) is 3.44. The fraction of sp³-hybridized carbons (Fsp3) is 0.944. The Morgan fingerprint density at radius 3 is 2.24 bits per heavy atom. The van der Waals surface area contributed by atoms with Crippen molar-refractivity contribution in [3.8, 4) is 0 Å². The van der Waals surface area contributed by atoms with Gasteiger partial charge in [-0.15, -0.1) is 0 Å². The number of hydrogen-bond acceptors (Lipinski definition) is 2. The molecule has 1 spiro atoms. The summed E-state index contributed by atoms with van der Waals surface area (Å²) in [6, 6.07) is 0. The van der Waals surface area contributed by atoms with Gasteiger partial charge in [0.15, 0.2) is 0 Å². The van der Waals surface area contributed by atoms with Gasteiger partial charge in [0.2, 0.25) is 5.91 Å². The number of carbonyl (C=O) groups is 1. The van der Waals surface area contributed by atoms with E-state index in [1.807, 2.05) is 0 Å². The van der Waals surface area contributed by atoms with E-state index in [1.54, 1.807) is 0 Å². The number of nitrogens with one attached hydrogen (secondary N) is 1. The van der Waals surface area contributed by atoms with Crippen molar-refractivity contribution < 1.29 is 4.79 Å². The molecule has 1 amide bonds. The quantitative estimate of drug-likeness (QED) is 0.863. The van der Waals surface area contributed by atoms with Crippen molar-refractivity contribution in [1.29, 1.82) is 0 Å². The Kier molecular flexibility index (Phi) is 3.72. The van der Waals surface area contributed by atoms with E-state index in [0.717, 1.165) is 31.2 Å². The lowest BCUT2D eigenvalue weighted by Crippen LogP contribution is -2.46. The monoisotopic (exact) mass is 290 g/mol. The van der Waals surface area contributed by atoms with Crippen molar-refractivity contribution in [2.45, 2.75) is 88.8 Å². The van der Waals surface area contributed by atoms with Crippen LogP contribution in [0.15, 0.2) is 0 Å². The number of rotatable bonds is 3. The summed E-state index contributed by atoms with van der Waals surface area (Å²) in [5.74, 6) is 1.95. The summed E-state index contributed by atoms with van der Waals surface area (Å²) in [7, 11) is 0. The van der Waals surface area contributed by atoms with Crippen LogP contribution in [0, 0.1) is 11.8 Å². The molecule has 118 valence electrons. The van der Waals surface area contributed by atoms with Crippen LogP contribution in [-0.4, -0.2) is 29.1 Å². The zero-order valence-corrected chi connectivity index (χ0v) is 13.3. The number of carbonyl (C=O) groups excluding carboxylic acids is 1. The Balaban J connectivity index is 1.54. The molecule has 0 aromatic heterocycles. The van der Waals surface area contributed by atoms with Crippen LogP contribution < -0.4 is 5.32 Å². The maximum absolute atomic E-state index is 13.1. The van der Waals surface area contributed by atoms with Crippen molar-refractivity contribution in [3.05, 3.63) is 0 Å². The van der Waals surface area contributed by atoms with Gasteiger partial charge in [0.05, 0.1) is 11.7 Å². The lowest BCUT2D eigenvalue weighted by atomic mass is 9.97. The van der Waals surface area contributed by atoms with Crippen molar-refractivity contribution >= 4 is 5.91 Å². The molecule has 0 aromatic carbocycles. The van der Waals surface area contributed by atoms with Gasteiger partial charge in [-0.05, 0) is 50.4 Å². The standard InChI is InChI=1S/C18H30N2O/c21-17-18(11-5-6-12-18)19-16(15-9-3-4-10-15)20(17)13-14-7-1-2-8-14/h14-16,19H,1-13H2. The zero-order valence-electron chi connectivity index (χ0n) is 13.3. The molecule has 3 heteroatoms. The van der Waals surface area contributed by atoms with Crippen LogP contribution in [0.1, 0.15) is 77.0 Å². The highest BCUT2D eigenvalue weighted by molar-refractivity contribution is 5.89. The van der Waals surface area contributed by atoms with Crippen LogP contribution in [0.2, 0.25) is 0 Å². The summed E-state index contributed by atoms with van der Waals surface area (Å²) in [5.41, 5.74) is -0.161. The molecule has 1 unspecified atom stereocenters. The van der Waals surface area contributed by atoms with E-state index >= 15 is 0 Å². The summed E-state index contributed by atoms with van der Waals surface area (Å²) in [6.45, 7) is 1.04. The Bertz CT molecular complexity index is 390. The average molecular weight is 290 g/mol. The lowest BCUT2D eigenvalue weighted by Gasteiger charge is -2.31. The lowest BCUT2D eigenvalue weighted by molar-refractivity contribution is -0.134. The third-order valence-electron chi connectivity index (χ3n) is 6.66. The number of hydrogen-bond donors (Lipinski definition) is 1. The molecule has 3 saturated carbocycles. The molecule has 3 aliphatic carbocycles. The van der Waals surface area contributed by atoms with E-state index < -0.39 is 0 Å². The highest BCUT2D eigenvalue weighted by Gasteiger charge is 2.54. The van der Waals surface area contributed by atoms with E-state index in [4.69, 9.17) is 0 Å². The molecule has 1 aliphatic heterocycles. The van der Waals surface area contributed by atoms with Crippen LogP contribution in [-0.2, 0) is 4.79 Å². The van der Waals surface area contributed by atoms with Crippen molar-refractivity contribution in [1.82, 2.24) is 10.2 Å². The Labute approximate surface area is 128 Å². The Morgan fingerprint density at radius 1 is 0.952 bits per heavy atom. The minimum atomic E-state index is -0.161. The second kappa shape index (κ2) is 5.57. The highest BCUT2D eigenvalue weighted by atomic mass is 16.2. The molecule has 4 aliphatic rings. The van der Waals surface area contributed by atoms with Crippen LogP contribution in [0.4, 0.5) is 0 Å². The topological polar surface area (TPSA) is 32.3 Å². The summed E-state index contributed by atoms with van der Waals surface area (Å²) >= 11 is 0. The minimum absolute atomic E-state index is 0.161. The fourth-order valence-corrected chi connectivity index (χ4v) is 5.47. The van der Waals surface area contributed by atoms with Crippen molar-refractivity contribution in [2.24, 2.45) is 11.8 Å². The second-order valence-electron chi connectivity index (χ2n) is 8.03. The van der Waals surface area contributed by atoms with E-state index in [9.17, 15) is 4.79 Å². The predicted molar refractivity (Wildman–Crippen MR) is 83.8 cm³/mol. The molecule has 1 atom stereocenters. The maximum Gasteiger partial charge on any atom is 0.244 e. The Hall–Kier alpha value is -0.570. The largest absolute Gasteiger partial charge is 0.325 e. The van der Waals surface area contributed by atoms with Crippen molar-refractivity contribution in [2.75, 3.05) is 6.54 Å². The van der Waals surface area contributed by atoms with Gasteiger partial charge in [-0.1, -0.05) is 38.5 Å². The third-order valence-corrected chi connectivity index (χ3v) is 6.66. The zero-order chi connectivity index (χ0) is 14.3. The van der Waals surface area contributed by atoms with Gasteiger partial charge in [0.1, 0.15) is 0 Å². The molecule has 0 bridgehead atoms. The minimum Gasteiger partial charge on any atom is -0.325 e. The molecular weight excluding hydrogens is 260 g/mol. The molecule has 0 radical (unpaired) electrons.